The van der Waals surface area contributed by atoms with Crippen molar-refractivity contribution < 1.29 is 19.1 Å². The summed E-state index contributed by atoms with van der Waals surface area (Å²) in [5.74, 6) is 0.397. The third-order valence-electron chi connectivity index (χ3n) is 5.24. The molecule has 0 aromatic heterocycles. The van der Waals surface area contributed by atoms with Crippen molar-refractivity contribution in [2.75, 3.05) is 6.61 Å². The van der Waals surface area contributed by atoms with Gasteiger partial charge in [-0.15, -0.1) is 0 Å². The molecule has 3 rings (SSSR count). The van der Waals surface area contributed by atoms with Crippen LogP contribution in [0.3, 0.4) is 0 Å². The van der Waals surface area contributed by atoms with Crippen molar-refractivity contribution in [2.24, 2.45) is 23.2 Å². The predicted octanol–water partition coefficient (Wildman–Crippen LogP) is 2.08. The van der Waals surface area contributed by atoms with Crippen molar-refractivity contribution in [2.45, 2.75) is 39.2 Å². The minimum atomic E-state index is -0.253. The van der Waals surface area contributed by atoms with Crippen LogP contribution in [-0.2, 0) is 19.1 Å². The average Bonchev–Trinajstić information content (AvgIpc) is 2.54. The molecule has 1 saturated carbocycles. The molecule has 19 heavy (non-hydrogen) atoms. The molecule has 2 saturated heterocycles. The molecule has 1 aliphatic carbocycles. The summed E-state index contributed by atoms with van der Waals surface area (Å²) in [7, 11) is 0. The molecular weight excluding hydrogens is 244 g/mol. The van der Waals surface area contributed by atoms with Gasteiger partial charge in [0.15, 0.2) is 0 Å². The van der Waals surface area contributed by atoms with Gasteiger partial charge in [-0.05, 0) is 24.7 Å². The Balaban J connectivity index is 1.93. The second kappa shape index (κ2) is 4.09. The van der Waals surface area contributed by atoms with E-state index in [0.29, 0.717) is 30.4 Å². The molecule has 0 amide bonds. The Labute approximate surface area is 113 Å². The average molecular weight is 264 g/mol. The molecule has 1 unspecified atom stereocenters. The number of cyclic esters (lactones) is 1. The molecule has 104 valence electrons. The van der Waals surface area contributed by atoms with Crippen molar-refractivity contribution >= 4 is 11.9 Å². The molecule has 4 heteroatoms. The largest absolute Gasteiger partial charge is 0.465 e. The summed E-state index contributed by atoms with van der Waals surface area (Å²) in [6.07, 6.45) is 2.07. The molecule has 0 aromatic rings. The van der Waals surface area contributed by atoms with Gasteiger partial charge in [0.2, 0.25) is 0 Å². The molecule has 0 bridgehead atoms. The van der Waals surface area contributed by atoms with Crippen molar-refractivity contribution in [1.82, 2.24) is 0 Å². The highest BCUT2D eigenvalue weighted by molar-refractivity contribution is 5.90. The number of fused-ring (bicyclic) bond motifs is 2. The Hall–Kier alpha value is -1.32. The number of carbonyl (C=O) groups excluding carboxylic acids is 2. The van der Waals surface area contributed by atoms with Crippen LogP contribution in [0.1, 0.15) is 33.1 Å². The van der Waals surface area contributed by atoms with E-state index in [1.807, 2.05) is 0 Å². The standard InChI is InChI=1S/C15H20O4/c1-8-4-12-10(9(2)14(17)19-12)6-15(3)7-18-13(16)5-11(8)15/h8,10-12H,2,4-7H2,1,3H3/t8-,10?,11+,12+,15-/m1/s1. The lowest BCUT2D eigenvalue weighted by Gasteiger charge is -2.42. The molecule has 0 aromatic carbocycles. The van der Waals surface area contributed by atoms with Gasteiger partial charge >= 0.3 is 11.9 Å². The Morgan fingerprint density at radius 1 is 1.37 bits per heavy atom. The third kappa shape index (κ3) is 1.88. The van der Waals surface area contributed by atoms with Gasteiger partial charge < -0.3 is 9.47 Å². The summed E-state index contributed by atoms with van der Waals surface area (Å²) in [6.45, 7) is 8.65. The first-order chi connectivity index (χ1) is 8.90. The minimum Gasteiger partial charge on any atom is -0.465 e. The molecule has 3 aliphatic rings. The Morgan fingerprint density at radius 2 is 2.11 bits per heavy atom. The molecule has 4 nitrogen and oxygen atoms in total. The van der Waals surface area contributed by atoms with Crippen molar-refractivity contribution in [1.29, 1.82) is 0 Å². The number of ether oxygens (including phenoxy) is 2. The highest BCUT2D eigenvalue weighted by Crippen LogP contribution is 2.52. The highest BCUT2D eigenvalue weighted by atomic mass is 16.6. The third-order valence-corrected chi connectivity index (χ3v) is 5.24. The van der Waals surface area contributed by atoms with Crippen LogP contribution in [0.4, 0.5) is 0 Å². The van der Waals surface area contributed by atoms with Gasteiger partial charge in [-0.2, -0.15) is 0 Å². The second-order valence-electron chi connectivity index (χ2n) is 6.62. The highest BCUT2D eigenvalue weighted by Gasteiger charge is 2.52. The van der Waals surface area contributed by atoms with Crippen LogP contribution in [0.25, 0.3) is 0 Å². The molecule has 0 radical (unpaired) electrons. The van der Waals surface area contributed by atoms with Crippen LogP contribution < -0.4 is 0 Å². The van der Waals surface area contributed by atoms with Crippen molar-refractivity contribution in [3.05, 3.63) is 12.2 Å². The fourth-order valence-corrected chi connectivity index (χ4v) is 4.11. The van der Waals surface area contributed by atoms with E-state index in [1.165, 1.54) is 0 Å². The SMILES string of the molecule is C=C1C(=O)O[C@H]2C[C@@H](C)[C@@H]3CC(=O)OC[C@@]3(C)CC12. The Morgan fingerprint density at radius 3 is 2.84 bits per heavy atom. The van der Waals surface area contributed by atoms with E-state index < -0.39 is 0 Å². The number of rotatable bonds is 0. The van der Waals surface area contributed by atoms with Crippen LogP contribution in [0.15, 0.2) is 12.2 Å². The maximum absolute atomic E-state index is 11.7. The Kier molecular flexibility index (Phi) is 2.73. The molecule has 0 N–H and O–H groups in total. The van der Waals surface area contributed by atoms with E-state index in [-0.39, 0.29) is 29.4 Å². The lowest BCUT2D eigenvalue weighted by Crippen LogP contribution is -2.42. The predicted molar refractivity (Wildman–Crippen MR) is 68.1 cm³/mol. The summed E-state index contributed by atoms with van der Waals surface area (Å²) in [4.78, 5) is 23.2. The van der Waals surface area contributed by atoms with Gasteiger partial charge in [-0.25, -0.2) is 4.79 Å². The van der Waals surface area contributed by atoms with Gasteiger partial charge in [0.05, 0.1) is 6.61 Å². The number of esters is 2. The van der Waals surface area contributed by atoms with E-state index in [0.717, 1.165) is 12.8 Å². The normalized spacial score (nSPS) is 45.9. The summed E-state index contributed by atoms with van der Waals surface area (Å²) in [5.41, 5.74) is 0.528. The minimum absolute atomic E-state index is 0.0625. The lowest BCUT2D eigenvalue weighted by molar-refractivity contribution is -0.162. The van der Waals surface area contributed by atoms with Crippen LogP contribution in [0.5, 0.6) is 0 Å². The zero-order valence-corrected chi connectivity index (χ0v) is 11.5. The monoisotopic (exact) mass is 264 g/mol. The smallest absolute Gasteiger partial charge is 0.334 e. The topological polar surface area (TPSA) is 52.6 Å². The Bertz CT molecular complexity index is 455. The van der Waals surface area contributed by atoms with Gasteiger partial charge in [-0.3, -0.25) is 4.79 Å². The molecule has 2 aliphatic heterocycles. The first kappa shape index (κ1) is 12.7. The molecule has 2 heterocycles. The van der Waals surface area contributed by atoms with Crippen LogP contribution >= 0.6 is 0 Å². The summed E-state index contributed by atoms with van der Waals surface area (Å²) in [6, 6.07) is 0. The zero-order chi connectivity index (χ0) is 13.8. The van der Waals surface area contributed by atoms with Gasteiger partial charge in [0.25, 0.3) is 0 Å². The van der Waals surface area contributed by atoms with E-state index in [4.69, 9.17) is 9.47 Å². The quantitative estimate of drug-likeness (QED) is 0.496. The number of carbonyl (C=O) groups is 2. The fraction of sp³-hybridized carbons (Fsp3) is 0.733. The summed E-state index contributed by atoms with van der Waals surface area (Å²) >= 11 is 0. The lowest BCUT2D eigenvalue weighted by atomic mass is 9.66. The van der Waals surface area contributed by atoms with E-state index >= 15 is 0 Å². The number of hydrogen-bond donors (Lipinski definition) is 0. The first-order valence-electron chi connectivity index (χ1n) is 6.96. The van der Waals surface area contributed by atoms with Crippen LogP contribution in [-0.4, -0.2) is 24.6 Å². The van der Waals surface area contributed by atoms with Crippen molar-refractivity contribution in [3.63, 3.8) is 0 Å². The van der Waals surface area contributed by atoms with E-state index in [1.54, 1.807) is 0 Å². The first-order valence-corrected chi connectivity index (χ1v) is 6.96. The number of hydrogen-bond acceptors (Lipinski definition) is 4. The van der Waals surface area contributed by atoms with Gasteiger partial charge in [0.1, 0.15) is 6.10 Å². The molecular formula is C15H20O4. The van der Waals surface area contributed by atoms with E-state index in [2.05, 4.69) is 20.4 Å². The maximum Gasteiger partial charge on any atom is 0.334 e. The zero-order valence-electron chi connectivity index (χ0n) is 11.5. The molecule has 3 fully saturated rings. The van der Waals surface area contributed by atoms with Gasteiger partial charge in [0, 0.05) is 23.3 Å². The fourth-order valence-electron chi connectivity index (χ4n) is 4.11. The summed E-state index contributed by atoms with van der Waals surface area (Å²) in [5, 5.41) is 0. The van der Waals surface area contributed by atoms with Crippen molar-refractivity contribution in [3.8, 4) is 0 Å². The van der Waals surface area contributed by atoms with Crippen LogP contribution in [0, 0.1) is 23.2 Å². The molecule has 5 atom stereocenters. The second-order valence-corrected chi connectivity index (χ2v) is 6.62. The maximum atomic E-state index is 11.7. The van der Waals surface area contributed by atoms with E-state index in [9.17, 15) is 9.59 Å². The van der Waals surface area contributed by atoms with Crippen LogP contribution in [0.2, 0.25) is 0 Å². The molecule has 0 spiro atoms. The summed E-state index contributed by atoms with van der Waals surface area (Å²) < 4.78 is 10.7. The van der Waals surface area contributed by atoms with Gasteiger partial charge in [-0.1, -0.05) is 20.4 Å².